The zero-order chi connectivity index (χ0) is 13.9. The van der Waals surface area contributed by atoms with Crippen LogP contribution in [0.25, 0.3) is 11.0 Å². The fourth-order valence-corrected chi connectivity index (χ4v) is 3.24. The Morgan fingerprint density at radius 2 is 2.15 bits per heavy atom. The summed E-state index contributed by atoms with van der Waals surface area (Å²) in [6.07, 6.45) is 4.88. The molecule has 3 rings (SSSR count). The van der Waals surface area contributed by atoms with E-state index in [1.165, 1.54) is 24.2 Å². The highest BCUT2D eigenvalue weighted by atomic mass is 15.1. The third-order valence-corrected chi connectivity index (χ3v) is 4.41. The zero-order valence-electron chi connectivity index (χ0n) is 12.6. The molecule has 2 unspecified atom stereocenters. The summed E-state index contributed by atoms with van der Waals surface area (Å²) in [6, 6.07) is 9.21. The maximum Gasteiger partial charge on any atom is 0.110 e. The van der Waals surface area contributed by atoms with Gasteiger partial charge in [-0.25, -0.2) is 4.98 Å². The minimum Gasteiger partial charge on any atom is -0.328 e. The van der Waals surface area contributed by atoms with Gasteiger partial charge in [-0.05, 0) is 50.8 Å². The van der Waals surface area contributed by atoms with E-state index in [9.17, 15) is 0 Å². The molecule has 3 heteroatoms. The number of para-hydroxylation sites is 2. The van der Waals surface area contributed by atoms with Crippen LogP contribution >= 0.6 is 0 Å². The predicted octanol–water partition coefficient (Wildman–Crippen LogP) is 3.38. The van der Waals surface area contributed by atoms with Gasteiger partial charge in [-0.2, -0.15) is 0 Å². The summed E-state index contributed by atoms with van der Waals surface area (Å²) in [5, 5.41) is 3.60. The predicted molar refractivity (Wildman–Crippen MR) is 83.9 cm³/mol. The van der Waals surface area contributed by atoms with Crippen LogP contribution < -0.4 is 5.32 Å². The van der Waals surface area contributed by atoms with Crippen molar-refractivity contribution in [1.82, 2.24) is 14.9 Å². The van der Waals surface area contributed by atoms with Crippen molar-refractivity contribution in [2.45, 2.75) is 52.1 Å². The number of nitrogens with zero attached hydrogens (tertiary/aromatic N) is 2. The Labute approximate surface area is 121 Å². The average Bonchev–Trinajstić information content (AvgIpc) is 2.80. The van der Waals surface area contributed by atoms with Gasteiger partial charge in [-0.15, -0.1) is 0 Å². The lowest BCUT2D eigenvalue weighted by Crippen LogP contribution is -2.37. The summed E-state index contributed by atoms with van der Waals surface area (Å²) < 4.78 is 2.42. The lowest BCUT2D eigenvalue weighted by Gasteiger charge is -2.27. The smallest absolute Gasteiger partial charge is 0.110 e. The second-order valence-electron chi connectivity index (χ2n) is 6.13. The first kappa shape index (κ1) is 13.6. The van der Waals surface area contributed by atoms with Crippen molar-refractivity contribution in [3.05, 3.63) is 30.1 Å². The quantitative estimate of drug-likeness (QED) is 0.924. The number of hydrogen-bond acceptors (Lipinski definition) is 2. The lowest BCUT2D eigenvalue weighted by atomic mass is 9.92. The highest BCUT2D eigenvalue weighted by Gasteiger charge is 2.20. The summed E-state index contributed by atoms with van der Waals surface area (Å²) >= 11 is 0. The van der Waals surface area contributed by atoms with E-state index in [0.717, 1.165) is 37.4 Å². The zero-order valence-corrected chi connectivity index (χ0v) is 12.6. The molecule has 1 aliphatic rings. The van der Waals surface area contributed by atoms with Crippen LogP contribution in [0.2, 0.25) is 0 Å². The first-order valence-corrected chi connectivity index (χ1v) is 7.95. The summed E-state index contributed by atoms with van der Waals surface area (Å²) in [4.78, 5) is 4.88. The third kappa shape index (κ3) is 2.73. The largest absolute Gasteiger partial charge is 0.328 e. The number of fused-ring (bicyclic) bond motifs is 1. The van der Waals surface area contributed by atoms with Crippen LogP contribution in [0.3, 0.4) is 0 Å². The highest BCUT2D eigenvalue weighted by Crippen LogP contribution is 2.22. The van der Waals surface area contributed by atoms with Gasteiger partial charge >= 0.3 is 0 Å². The van der Waals surface area contributed by atoms with Crippen molar-refractivity contribution in [3.8, 4) is 0 Å². The molecular weight excluding hydrogens is 246 g/mol. The SMILES string of the molecule is CCCn1c(CC2CCC(C)NC2)nc2ccccc21. The normalized spacial score (nSPS) is 23.3. The number of benzene rings is 1. The molecule has 0 amide bonds. The molecular formula is C17H25N3. The Balaban J connectivity index is 1.84. The highest BCUT2D eigenvalue weighted by molar-refractivity contribution is 5.75. The maximum absolute atomic E-state index is 4.88. The minimum atomic E-state index is 0.681. The molecule has 2 heterocycles. The number of hydrogen-bond donors (Lipinski definition) is 1. The van der Waals surface area contributed by atoms with Crippen molar-refractivity contribution in [2.24, 2.45) is 5.92 Å². The molecule has 0 spiro atoms. The van der Waals surface area contributed by atoms with Crippen LogP contribution in [-0.2, 0) is 13.0 Å². The molecule has 1 fully saturated rings. The van der Waals surface area contributed by atoms with E-state index in [1.54, 1.807) is 0 Å². The van der Waals surface area contributed by atoms with Crippen LogP contribution in [0.15, 0.2) is 24.3 Å². The molecule has 20 heavy (non-hydrogen) atoms. The van der Waals surface area contributed by atoms with E-state index in [0.29, 0.717) is 6.04 Å². The molecule has 108 valence electrons. The Morgan fingerprint density at radius 3 is 2.90 bits per heavy atom. The number of aromatic nitrogens is 2. The van der Waals surface area contributed by atoms with Gasteiger partial charge in [0, 0.05) is 19.0 Å². The number of nitrogens with one attached hydrogen (secondary N) is 1. The molecule has 0 saturated carbocycles. The molecule has 1 saturated heterocycles. The second kappa shape index (κ2) is 5.96. The van der Waals surface area contributed by atoms with E-state index < -0.39 is 0 Å². The monoisotopic (exact) mass is 271 g/mol. The van der Waals surface area contributed by atoms with Gasteiger partial charge in [0.05, 0.1) is 11.0 Å². The third-order valence-electron chi connectivity index (χ3n) is 4.41. The van der Waals surface area contributed by atoms with Gasteiger partial charge < -0.3 is 9.88 Å². The van der Waals surface area contributed by atoms with E-state index in [-0.39, 0.29) is 0 Å². The summed E-state index contributed by atoms with van der Waals surface area (Å²) in [5.41, 5.74) is 2.44. The van der Waals surface area contributed by atoms with Crippen molar-refractivity contribution in [1.29, 1.82) is 0 Å². The Bertz CT molecular complexity index is 565. The van der Waals surface area contributed by atoms with E-state index >= 15 is 0 Å². The molecule has 0 bridgehead atoms. The van der Waals surface area contributed by atoms with Gasteiger partial charge in [-0.1, -0.05) is 19.1 Å². The van der Waals surface area contributed by atoms with Crippen LogP contribution in [0, 0.1) is 5.92 Å². The molecule has 2 atom stereocenters. The van der Waals surface area contributed by atoms with Crippen LogP contribution in [0.1, 0.15) is 38.9 Å². The van der Waals surface area contributed by atoms with E-state index in [4.69, 9.17) is 4.98 Å². The average molecular weight is 271 g/mol. The Kier molecular flexibility index (Phi) is 4.06. The van der Waals surface area contributed by atoms with E-state index in [1.807, 2.05) is 0 Å². The molecule has 1 aromatic heterocycles. The number of rotatable bonds is 4. The molecule has 0 radical (unpaired) electrons. The Hall–Kier alpha value is -1.35. The maximum atomic E-state index is 4.88. The van der Waals surface area contributed by atoms with E-state index in [2.05, 4.69) is 48.0 Å². The molecule has 1 N–H and O–H groups in total. The summed E-state index contributed by atoms with van der Waals surface area (Å²) in [7, 11) is 0. The fraction of sp³-hybridized carbons (Fsp3) is 0.588. The van der Waals surface area contributed by atoms with Gasteiger partial charge in [-0.3, -0.25) is 0 Å². The van der Waals surface area contributed by atoms with Gasteiger partial charge in [0.2, 0.25) is 0 Å². The molecule has 0 aliphatic carbocycles. The molecule has 1 aliphatic heterocycles. The summed E-state index contributed by atoms with van der Waals surface area (Å²) in [6.45, 7) is 6.73. The standard InChI is InChI=1S/C17H25N3/c1-3-10-20-16-7-5-4-6-15(16)19-17(20)11-14-9-8-13(2)18-12-14/h4-7,13-14,18H,3,8-12H2,1-2H3. The van der Waals surface area contributed by atoms with Gasteiger partial charge in [0.25, 0.3) is 0 Å². The number of aryl methyl sites for hydroxylation is 1. The number of piperidine rings is 1. The topological polar surface area (TPSA) is 29.9 Å². The first-order valence-electron chi connectivity index (χ1n) is 7.95. The second-order valence-corrected chi connectivity index (χ2v) is 6.13. The first-order chi connectivity index (χ1) is 9.78. The van der Waals surface area contributed by atoms with Gasteiger partial charge in [0.1, 0.15) is 5.82 Å². The van der Waals surface area contributed by atoms with Gasteiger partial charge in [0.15, 0.2) is 0 Å². The van der Waals surface area contributed by atoms with Crippen molar-refractivity contribution < 1.29 is 0 Å². The van der Waals surface area contributed by atoms with Crippen molar-refractivity contribution in [3.63, 3.8) is 0 Å². The van der Waals surface area contributed by atoms with Crippen LogP contribution in [0.5, 0.6) is 0 Å². The minimum absolute atomic E-state index is 0.681. The van der Waals surface area contributed by atoms with Crippen molar-refractivity contribution in [2.75, 3.05) is 6.54 Å². The fourth-order valence-electron chi connectivity index (χ4n) is 3.24. The molecule has 3 nitrogen and oxygen atoms in total. The van der Waals surface area contributed by atoms with Crippen LogP contribution in [0.4, 0.5) is 0 Å². The Morgan fingerprint density at radius 1 is 1.30 bits per heavy atom. The molecule has 1 aromatic carbocycles. The summed E-state index contributed by atoms with van der Waals surface area (Å²) in [5.74, 6) is 2.01. The lowest BCUT2D eigenvalue weighted by molar-refractivity contribution is 0.316. The van der Waals surface area contributed by atoms with Crippen LogP contribution in [-0.4, -0.2) is 22.1 Å². The van der Waals surface area contributed by atoms with Crippen molar-refractivity contribution >= 4 is 11.0 Å². The number of imidazole rings is 1. The molecule has 2 aromatic rings.